The van der Waals surface area contributed by atoms with Crippen molar-refractivity contribution < 1.29 is 14.3 Å². The van der Waals surface area contributed by atoms with Crippen molar-refractivity contribution in [1.82, 2.24) is 9.88 Å². The highest BCUT2D eigenvalue weighted by atomic mass is 35.5. The van der Waals surface area contributed by atoms with E-state index in [1.165, 1.54) is 0 Å². The summed E-state index contributed by atoms with van der Waals surface area (Å²) in [5, 5.41) is 4.53. The summed E-state index contributed by atoms with van der Waals surface area (Å²) in [4.78, 5) is 17.9. The second kappa shape index (κ2) is 6.96. The van der Waals surface area contributed by atoms with Crippen LogP contribution in [0.3, 0.4) is 0 Å². The second-order valence-corrected chi connectivity index (χ2v) is 8.17. The Bertz CT molecular complexity index is 1350. The quantitative estimate of drug-likeness (QED) is 0.423. The van der Waals surface area contributed by atoms with E-state index in [-0.39, 0.29) is 12.8 Å². The first kappa shape index (κ1) is 18.2. The van der Waals surface area contributed by atoms with Gasteiger partial charge in [-0.2, -0.15) is 0 Å². The van der Waals surface area contributed by atoms with Gasteiger partial charge in [0.15, 0.2) is 11.5 Å². The minimum absolute atomic E-state index is 0.137. The molecule has 2 amide bonds. The topological polar surface area (TPSA) is 66.6 Å². The molecule has 3 aromatic carbocycles. The van der Waals surface area contributed by atoms with Crippen LogP contribution in [0.4, 0.5) is 10.5 Å². The van der Waals surface area contributed by atoms with Gasteiger partial charge in [-0.15, -0.1) is 0 Å². The smallest absolute Gasteiger partial charge is 0.322 e. The van der Waals surface area contributed by atoms with Crippen molar-refractivity contribution >= 4 is 34.2 Å². The maximum atomic E-state index is 12.9. The number of hydrogen-bond acceptors (Lipinski definition) is 3. The van der Waals surface area contributed by atoms with Gasteiger partial charge in [0.05, 0.1) is 5.69 Å². The molecule has 2 aliphatic heterocycles. The van der Waals surface area contributed by atoms with Crippen LogP contribution in [0.5, 0.6) is 11.5 Å². The molecule has 0 bridgehead atoms. The number of carbonyl (C=O) groups is 1. The number of urea groups is 1. The van der Waals surface area contributed by atoms with Gasteiger partial charge < -0.3 is 24.7 Å². The minimum atomic E-state index is -0.137. The maximum Gasteiger partial charge on any atom is 0.322 e. The molecule has 31 heavy (non-hydrogen) atoms. The van der Waals surface area contributed by atoms with Crippen molar-refractivity contribution in [1.29, 1.82) is 0 Å². The average molecular weight is 432 g/mol. The van der Waals surface area contributed by atoms with E-state index >= 15 is 0 Å². The SMILES string of the molecule is O=C(Nc1c[nH]c2ccc(Cl)cc12)N1Cc2ccc(-c3ccc4c(c3)OCO4)cc2C1. The molecule has 0 saturated carbocycles. The van der Waals surface area contributed by atoms with E-state index in [1.54, 1.807) is 11.1 Å². The third-order valence-electron chi connectivity index (χ3n) is 5.81. The number of aromatic amines is 1. The fourth-order valence-electron chi connectivity index (χ4n) is 4.18. The van der Waals surface area contributed by atoms with Crippen LogP contribution in [-0.2, 0) is 13.1 Å². The Morgan fingerprint density at radius 2 is 1.74 bits per heavy atom. The number of ether oxygens (including phenoxy) is 2. The monoisotopic (exact) mass is 431 g/mol. The predicted molar refractivity (Wildman–Crippen MR) is 120 cm³/mol. The summed E-state index contributed by atoms with van der Waals surface area (Å²) in [5.41, 5.74) is 6.10. The highest BCUT2D eigenvalue weighted by molar-refractivity contribution is 6.31. The van der Waals surface area contributed by atoms with Crippen LogP contribution in [-0.4, -0.2) is 22.7 Å². The van der Waals surface area contributed by atoms with Crippen LogP contribution in [0, 0.1) is 0 Å². The summed E-state index contributed by atoms with van der Waals surface area (Å²) in [6, 6.07) is 17.7. The van der Waals surface area contributed by atoms with Crippen LogP contribution >= 0.6 is 11.6 Å². The lowest BCUT2D eigenvalue weighted by molar-refractivity contribution is 0.174. The number of benzene rings is 3. The van der Waals surface area contributed by atoms with E-state index in [0.29, 0.717) is 18.1 Å². The Kier molecular flexibility index (Phi) is 4.07. The van der Waals surface area contributed by atoms with Crippen molar-refractivity contribution in [3.8, 4) is 22.6 Å². The van der Waals surface area contributed by atoms with Crippen LogP contribution in [0.25, 0.3) is 22.0 Å². The van der Waals surface area contributed by atoms with Crippen molar-refractivity contribution in [2.24, 2.45) is 0 Å². The molecule has 1 aromatic heterocycles. The molecule has 0 spiro atoms. The van der Waals surface area contributed by atoms with Gasteiger partial charge >= 0.3 is 6.03 Å². The van der Waals surface area contributed by atoms with Gasteiger partial charge in [-0.1, -0.05) is 29.8 Å². The number of fused-ring (bicyclic) bond motifs is 3. The lowest BCUT2D eigenvalue weighted by atomic mass is 10.0. The van der Waals surface area contributed by atoms with Gasteiger partial charge in [0.25, 0.3) is 0 Å². The number of halogens is 1. The standard InChI is InChI=1S/C24H18ClN3O3/c25-18-4-5-20-19(9-18)21(10-26-20)27-24(29)28-11-16-2-1-14(7-17(16)12-28)15-3-6-22-23(8-15)31-13-30-22/h1-10,26H,11-13H2,(H,27,29). The molecule has 6 rings (SSSR count). The number of H-pyrrole nitrogens is 1. The lowest BCUT2D eigenvalue weighted by Crippen LogP contribution is -2.30. The van der Waals surface area contributed by atoms with Gasteiger partial charge in [0, 0.05) is 35.2 Å². The van der Waals surface area contributed by atoms with E-state index < -0.39 is 0 Å². The molecular weight excluding hydrogens is 414 g/mol. The zero-order valence-corrected chi connectivity index (χ0v) is 17.2. The fourth-order valence-corrected chi connectivity index (χ4v) is 4.36. The zero-order valence-electron chi connectivity index (χ0n) is 16.4. The molecule has 2 aliphatic rings. The van der Waals surface area contributed by atoms with Crippen LogP contribution < -0.4 is 14.8 Å². The normalized spacial score (nSPS) is 14.2. The zero-order chi connectivity index (χ0) is 20.9. The number of nitrogens with one attached hydrogen (secondary N) is 2. The first-order valence-corrected chi connectivity index (χ1v) is 10.4. The summed E-state index contributed by atoms with van der Waals surface area (Å²) < 4.78 is 10.9. The highest BCUT2D eigenvalue weighted by Gasteiger charge is 2.24. The largest absolute Gasteiger partial charge is 0.454 e. The molecule has 154 valence electrons. The summed E-state index contributed by atoms with van der Waals surface area (Å²) in [6.07, 6.45) is 1.79. The van der Waals surface area contributed by atoms with E-state index in [4.69, 9.17) is 21.1 Å². The molecule has 0 unspecified atom stereocenters. The number of carbonyl (C=O) groups excluding carboxylic acids is 1. The van der Waals surface area contributed by atoms with E-state index in [0.717, 1.165) is 50.3 Å². The van der Waals surface area contributed by atoms with Crippen molar-refractivity contribution in [2.75, 3.05) is 12.1 Å². The number of rotatable bonds is 2. The van der Waals surface area contributed by atoms with Crippen molar-refractivity contribution in [3.63, 3.8) is 0 Å². The Hall–Kier alpha value is -3.64. The number of anilines is 1. The third-order valence-corrected chi connectivity index (χ3v) is 6.04. The Balaban J connectivity index is 1.22. The molecule has 0 aliphatic carbocycles. The van der Waals surface area contributed by atoms with Gasteiger partial charge in [0.2, 0.25) is 6.79 Å². The Labute approximate surface area is 183 Å². The number of aromatic nitrogens is 1. The van der Waals surface area contributed by atoms with Gasteiger partial charge in [-0.05, 0) is 58.7 Å². The molecule has 0 fully saturated rings. The van der Waals surface area contributed by atoms with E-state index in [2.05, 4.69) is 28.5 Å². The molecule has 4 aromatic rings. The molecule has 6 nitrogen and oxygen atoms in total. The molecule has 0 atom stereocenters. The maximum absolute atomic E-state index is 12.9. The lowest BCUT2D eigenvalue weighted by Gasteiger charge is -2.16. The average Bonchev–Trinajstić information content (AvgIpc) is 3.50. The summed E-state index contributed by atoms with van der Waals surface area (Å²) >= 11 is 6.12. The first-order chi connectivity index (χ1) is 15.1. The van der Waals surface area contributed by atoms with Crippen molar-refractivity contribution in [2.45, 2.75) is 13.1 Å². The molecule has 2 N–H and O–H groups in total. The summed E-state index contributed by atoms with van der Waals surface area (Å²) in [5.74, 6) is 1.53. The van der Waals surface area contributed by atoms with E-state index in [9.17, 15) is 4.79 Å². The number of hydrogen-bond donors (Lipinski definition) is 2. The van der Waals surface area contributed by atoms with Gasteiger partial charge in [0.1, 0.15) is 0 Å². The number of amides is 2. The number of nitrogens with zero attached hydrogens (tertiary/aromatic N) is 1. The fraction of sp³-hybridized carbons (Fsp3) is 0.125. The first-order valence-electron chi connectivity index (χ1n) is 9.98. The molecule has 7 heteroatoms. The van der Waals surface area contributed by atoms with Crippen LogP contribution in [0.1, 0.15) is 11.1 Å². The van der Waals surface area contributed by atoms with E-state index in [1.807, 2.05) is 36.4 Å². The Morgan fingerprint density at radius 3 is 2.68 bits per heavy atom. The summed E-state index contributed by atoms with van der Waals surface area (Å²) in [7, 11) is 0. The minimum Gasteiger partial charge on any atom is -0.454 e. The second-order valence-electron chi connectivity index (χ2n) is 7.73. The predicted octanol–water partition coefficient (Wildman–Crippen LogP) is 5.76. The van der Waals surface area contributed by atoms with Gasteiger partial charge in [-0.25, -0.2) is 4.79 Å². The Morgan fingerprint density at radius 1 is 0.935 bits per heavy atom. The molecule has 0 radical (unpaired) electrons. The molecule has 3 heterocycles. The van der Waals surface area contributed by atoms with Crippen LogP contribution in [0.2, 0.25) is 5.02 Å². The van der Waals surface area contributed by atoms with Gasteiger partial charge in [-0.3, -0.25) is 0 Å². The molecular formula is C24H18ClN3O3. The highest BCUT2D eigenvalue weighted by Crippen LogP contribution is 2.37. The molecule has 0 saturated heterocycles. The third kappa shape index (κ3) is 3.16. The van der Waals surface area contributed by atoms with Crippen LogP contribution in [0.15, 0.2) is 60.8 Å². The van der Waals surface area contributed by atoms with Crippen molar-refractivity contribution in [3.05, 3.63) is 76.9 Å². The summed E-state index contributed by atoms with van der Waals surface area (Å²) in [6.45, 7) is 1.39.